The fraction of sp³-hybridized carbons (Fsp3) is 0.400. The molecule has 0 saturated carbocycles. The average Bonchev–Trinajstić information content (AvgIpc) is 3.16. The Hall–Kier alpha value is -2.12. The predicted molar refractivity (Wildman–Crippen MR) is 88.5 cm³/mol. The molecule has 1 saturated heterocycles. The zero-order valence-corrected chi connectivity index (χ0v) is 13.4. The summed E-state index contributed by atoms with van der Waals surface area (Å²) in [5.41, 5.74) is 6.42. The number of halogens is 1. The van der Waals surface area contributed by atoms with Crippen molar-refractivity contribution in [2.45, 2.75) is 19.0 Å². The van der Waals surface area contributed by atoms with Crippen molar-refractivity contribution in [1.82, 2.24) is 19.7 Å². The van der Waals surface area contributed by atoms with Crippen LogP contribution in [0.25, 0.3) is 0 Å². The SMILES string of the molecule is NC1CCN(C(=O)c2ccc(NCCn3cc(Cl)cn3)nc2)C1. The first-order valence-corrected chi connectivity index (χ1v) is 7.92. The molecule has 1 amide bonds. The third-order valence-electron chi connectivity index (χ3n) is 3.77. The van der Waals surface area contributed by atoms with Crippen LogP contribution in [0.5, 0.6) is 0 Å². The minimum atomic E-state index is -0.0109. The molecule has 0 spiro atoms. The summed E-state index contributed by atoms with van der Waals surface area (Å²) in [6.07, 6.45) is 5.82. The molecule has 3 N–H and O–H groups in total. The Kier molecular flexibility index (Phi) is 4.78. The first-order valence-electron chi connectivity index (χ1n) is 7.54. The van der Waals surface area contributed by atoms with Crippen molar-refractivity contribution in [2.75, 3.05) is 25.0 Å². The number of aromatic nitrogens is 3. The molecule has 1 aliphatic rings. The van der Waals surface area contributed by atoms with Gasteiger partial charge in [-0.2, -0.15) is 5.10 Å². The Morgan fingerprint density at radius 3 is 2.91 bits per heavy atom. The van der Waals surface area contributed by atoms with Crippen LogP contribution >= 0.6 is 11.6 Å². The van der Waals surface area contributed by atoms with E-state index in [1.165, 1.54) is 0 Å². The van der Waals surface area contributed by atoms with Crippen LogP contribution in [-0.2, 0) is 6.54 Å². The van der Waals surface area contributed by atoms with Crippen LogP contribution in [0.2, 0.25) is 5.02 Å². The number of carbonyl (C=O) groups excluding carboxylic acids is 1. The van der Waals surface area contributed by atoms with E-state index in [9.17, 15) is 4.79 Å². The number of hydrogen-bond donors (Lipinski definition) is 2. The van der Waals surface area contributed by atoms with E-state index < -0.39 is 0 Å². The fourth-order valence-corrected chi connectivity index (χ4v) is 2.69. The lowest BCUT2D eigenvalue weighted by Crippen LogP contribution is -2.31. The Bertz CT molecular complexity index is 671. The summed E-state index contributed by atoms with van der Waals surface area (Å²) in [6.45, 7) is 2.68. The van der Waals surface area contributed by atoms with E-state index in [4.69, 9.17) is 17.3 Å². The Morgan fingerprint density at radius 2 is 2.30 bits per heavy atom. The monoisotopic (exact) mass is 334 g/mol. The lowest BCUT2D eigenvalue weighted by Gasteiger charge is -2.15. The highest BCUT2D eigenvalue weighted by molar-refractivity contribution is 6.30. The second kappa shape index (κ2) is 6.97. The highest BCUT2D eigenvalue weighted by Gasteiger charge is 2.24. The van der Waals surface area contributed by atoms with Crippen molar-refractivity contribution in [2.24, 2.45) is 5.73 Å². The Labute approximate surface area is 139 Å². The lowest BCUT2D eigenvalue weighted by molar-refractivity contribution is 0.0790. The van der Waals surface area contributed by atoms with E-state index in [-0.39, 0.29) is 11.9 Å². The maximum absolute atomic E-state index is 12.3. The van der Waals surface area contributed by atoms with Crippen molar-refractivity contribution in [3.05, 3.63) is 41.3 Å². The fourth-order valence-electron chi connectivity index (χ4n) is 2.54. The van der Waals surface area contributed by atoms with Gasteiger partial charge >= 0.3 is 0 Å². The Balaban J connectivity index is 1.51. The first-order chi connectivity index (χ1) is 11.1. The van der Waals surface area contributed by atoms with Crippen LogP contribution < -0.4 is 11.1 Å². The lowest BCUT2D eigenvalue weighted by atomic mass is 10.2. The van der Waals surface area contributed by atoms with Crippen LogP contribution in [0.1, 0.15) is 16.8 Å². The van der Waals surface area contributed by atoms with Crippen LogP contribution in [0, 0.1) is 0 Å². The quantitative estimate of drug-likeness (QED) is 0.858. The van der Waals surface area contributed by atoms with Gasteiger partial charge in [0.1, 0.15) is 5.82 Å². The average molecular weight is 335 g/mol. The van der Waals surface area contributed by atoms with Gasteiger partial charge in [0.05, 0.1) is 23.3 Å². The molecule has 0 radical (unpaired) electrons. The molecule has 23 heavy (non-hydrogen) atoms. The van der Waals surface area contributed by atoms with E-state index in [2.05, 4.69) is 15.4 Å². The van der Waals surface area contributed by atoms with Crippen LogP contribution in [0.15, 0.2) is 30.7 Å². The number of anilines is 1. The number of hydrogen-bond acceptors (Lipinski definition) is 5. The number of pyridine rings is 1. The molecule has 3 heterocycles. The minimum absolute atomic E-state index is 0.0109. The highest BCUT2D eigenvalue weighted by atomic mass is 35.5. The molecular formula is C15H19ClN6O. The molecule has 0 aromatic carbocycles. The maximum Gasteiger partial charge on any atom is 0.255 e. The molecule has 2 aromatic rings. The van der Waals surface area contributed by atoms with Crippen LogP contribution in [0.3, 0.4) is 0 Å². The number of nitrogens with two attached hydrogens (primary N) is 1. The van der Waals surface area contributed by atoms with Gasteiger partial charge in [0, 0.05) is 38.1 Å². The third kappa shape index (κ3) is 4.00. The van der Waals surface area contributed by atoms with E-state index in [1.807, 2.05) is 0 Å². The van der Waals surface area contributed by atoms with Gasteiger partial charge in [0.15, 0.2) is 0 Å². The molecule has 2 aromatic heterocycles. The summed E-state index contributed by atoms with van der Waals surface area (Å²) in [5.74, 6) is 0.709. The smallest absolute Gasteiger partial charge is 0.255 e. The van der Waals surface area contributed by atoms with Gasteiger partial charge in [0.2, 0.25) is 0 Å². The van der Waals surface area contributed by atoms with Gasteiger partial charge in [-0.05, 0) is 18.6 Å². The van der Waals surface area contributed by atoms with Gasteiger partial charge in [-0.25, -0.2) is 4.98 Å². The minimum Gasteiger partial charge on any atom is -0.368 e. The first kappa shape index (κ1) is 15.8. The summed E-state index contributed by atoms with van der Waals surface area (Å²) in [5, 5.41) is 7.90. The van der Waals surface area contributed by atoms with Crippen molar-refractivity contribution < 1.29 is 4.79 Å². The van der Waals surface area contributed by atoms with Crippen molar-refractivity contribution in [1.29, 1.82) is 0 Å². The number of carbonyl (C=O) groups is 1. The van der Waals surface area contributed by atoms with E-state index in [0.717, 1.165) is 12.2 Å². The third-order valence-corrected chi connectivity index (χ3v) is 3.97. The summed E-state index contributed by atoms with van der Waals surface area (Å²) < 4.78 is 1.75. The normalized spacial score (nSPS) is 17.5. The van der Waals surface area contributed by atoms with Crippen molar-refractivity contribution >= 4 is 23.3 Å². The van der Waals surface area contributed by atoms with Gasteiger partial charge in [-0.3, -0.25) is 9.48 Å². The molecule has 7 nitrogen and oxygen atoms in total. The summed E-state index contributed by atoms with van der Waals surface area (Å²) >= 11 is 5.81. The number of rotatable bonds is 5. The molecule has 1 aliphatic heterocycles. The van der Waals surface area contributed by atoms with E-state index in [1.54, 1.807) is 40.3 Å². The van der Waals surface area contributed by atoms with Crippen LogP contribution in [-0.4, -0.2) is 51.2 Å². The molecule has 1 unspecified atom stereocenters. The van der Waals surface area contributed by atoms with Crippen molar-refractivity contribution in [3.63, 3.8) is 0 Å². The topological polar surface area (TPSA) is 89.1 Å². The molecular weight excluding hydrogens is 316 g/mol. The molecule has 1 fully saturated rings. The Morgan fingerprint density at radius 1 is 1.43 bits per heavy atom. The second-order valence-electron chi connectivity index (χ2n) is 5.58. The zero-order chi connectivity index (χ0) is 16.2. The van der Waals surface area contributed by atoms with Gasteiger partial charge < -0.3 is 16.0 Å². The second-order valence-corrected chi connectivity index (χ2v) is 6.02. The zero-order valence-electron chi connectivity index (χ0n) is 12.7. The number of amides is 1. The molecule has 0 bridgehead atoms. The largest absolute Gasteiger partial charge is 0.368 e. The molecule has 1 atom stereocenters. The summed E-state index contributed by atoms with van der Waals surface area (Å²) in [4.78, 5) is 18.3. The highest BCUT2D eigenvalue weighted by Crippen LogP contribution is 2.13. The summed E-state index contributed by atoms with van der Waals surface area (Å²) in [6, 6.07) is 3.68. The standard InChI is InChI=1S/C15H19ClN6O/c16-12-8-20-22(9-12)6-4-18-14-2-1-11(7-19-14)15(23)21-5-3-13(17)10-21/h1-2,7-9,13H,3-6,10,17H2,(H,18,19). The maximum atomic E-state index is 12.3. The van der Waals surface area contributed by atoms with Gasteiger partial charge in [0.25, 0.3) is 5.91 Å². The van der Waals surface area contributed by atoms with E-state index in [0.29, 0.717) is 36.8 Å². The number of nitrogens with zero attached hydrogens (tertiary/aromatic N) is 4. The number of nitrogens with one attached hydrogen (secondary N) is 1. The molecule has 8 heteroatoms. The number of likely N-dealkylation sites (tertiary alicyclic amines) is 1. The van der Waals surface area contributed by atoms with Crippen molar-refractivity contribution in [3.8, 4) is 0 Å². The van der Waals surface area contributed by atoms with E-state index >= 15 is 0 Å². The van der Waals surface area contributed by atoms with Gasteiger partial charge in [-0.15, -0.1) is 0 Å². The van der Waals surface area contributed by atoms with Gasteiger partial charge in [-0.1, -0.05) is 11.6 Å². The molecule has 0 aliphatic carbocycles. The molecule has 122 valence electrons. The predicted octanol–water partition coefficient (Wildman–Crippen LogP) is 1.22. The van der Waals surface area contributed by atoms with Crippen LogP contribution in [0.4, 0.5) is 5.82 Å². The summed E-state index contributed by atoms with van der Waals surface area (Å²) in [7, 11) is 0. The molecule has 3 rings (SSSR count).